The van der Waals surface area contributed by atoms with Crippen molar-refractivity contribution in [3.8, 4) is 28.4 Å². The first kappa shape index (κ1) is 117. The van der Waals surface area contributed by atoms with Crippen molar-refractivity contribution in [1.82, 2.24) is 73.8 Å². The van der Waals surface area contributed by atoms with Crippen LogP contribution < -0.4 is 0 Å². The van der Waals surface area contributed by atoms with Crippen LogP contribution in [0.3, 0.4) is 0 Å². The number of Topliss-reactive ketones (excluding diaryl/α,β-unsaturated/α-hetero) is 5. The number of aryl methyl sites for hydroxylation is 2. The zero-order valence-electron chi connectivity index (χ0n) is 85.6. The van der Waals surface area contributed by atoms with Gasteiger partial charge in [-0.25, -0.2) is 0 Å². The smallest absolute Gasteiger partial charge is 0.306 e. The van der Waals surface area contributed by atoms with Crippen LogP contribution in [0.2, 0.25) is 0 Å². The first-order valence-electron chi connectivity index (χ1n) is 48.0. The lowest BCUT2D eigenvalue weighted by Crippen LogP contribution is -2.31. The van der Waals surface area contributed by atoms with Crippen molar-refractivity contribution < 1.29 is 73.5 Å². The molecule has 5 aromatic heterocycles. The fourth-order valence-electron chi connectivity index (χ4n) is 16.2. The van der Waals surface area contributed by atoms with E-state index in [9.17, 15) is 47.9 Å². The van der Waals surface area contributed by atoms with E-state index in [0.29, 0.717) is 61.3 Å². The summed E-state index contributed by atoms with van der Waals surface area (Å²) in [6.45, 7) is 34.2. The van der Waals surface area contributed by atoms with Crippen LogP contribution in [0, 0.1) is 36.5 Å². The molecular weight excluding hydrogens is 2320 g/mol. The number of ketones is 5. The van der Waals surface area contributed by atoms with Crippen LogP contribution in [0.4, 0.5) is 0 Å². The first-order chi connectivity index (χ1) is 70.2. The lowest BCUT2D eigenvalue weighted by atomic mass is 9.95. The summed E-state index contributed by atoms with van der Waals surface area (Å²) in [7, 11) is 0. The lowest BCUT2D eigenvalue weighted by Gasteiger charge is -2.23. The van der Waals surface area contributed by atoms with E-state index in [-0.39, 0.29) is 61.0 Å². The minimum absolute atomic E-state index is 0.0242. The van der Waals surface area contributed by atoms with Gasteiger partial charge >= 0.3 is 29.8 Å². The number of fused-ring (bicyclic) bond motifs is 5. The highest BCUT2D eigenvalue weighted by atomic mass is 79.9. The van der Waals surface area contributed by atoms with Crippen molar-refractivity contribution in [2.75, 3.05) is 0 Å². The Balaban J connectivity index is 0.000000165. The molecule has 1 fully saturated rings. The second-order valence-corrected chi connectivity index (χ2v) is 50.8. The topological polar surface area (TPSA) is 425 Å². The number of carbonyl (C=O) groups is 10. The molecule has 15 aromatic rings. The van der Waals surface area contributed by atoms with Gasteiger partial charge in [0.15, 0.2) is 25.8 Å². The van der Waals surface area contributed by atoms with Crippen molar-refractivity contribution >= 4 is 251 Å². The molecular formula is C109H116Br5N15O15S5. The number of hydrogen-bond donors (Lipinski definition) is 5. The van der Waals surface area contributed by atoms with Crippen molar-refractivity contribution in [2.45, 2.75) is 244 Å². The normalized spacial score (nSPS) is 13.4. The molecule has 1 aliphatic rings. The molecule has 782 valence electrons. The first-order valence-corrected chi connectivity index (χ1v) is 56.1. The number of thioether (sulfide) groups is 5. The number of carboxylic acid groups (broad SMARTS) is 5. The summed E-state index contributed by atoms with van der Waals surface area (Å²) in [6.07, 6.45) is 3.24. The minimum atomic E-state index is -0.976. The average molecular weight is 2440 g/mol. The Morgan fingerprint density at radius 2 is 0.550 bits per heavy atom. The molecule has 1 saturated carbocycles. The van der Waals surface area contributed by atoms with E-state index in [0.717, 1.165) is 77.9 Å². The van der Waals surface area contributed by atoms with Gasteiger partial charge in [0.05, 0.1) is 81.8 Å². The SMILES string of the molecule is CC(CC(=O)C(C)(C)Sc1nnc(Br)n1-c1ccc(C(C)C)c2ccccc12)C(=O)O.CC(CC(=O)C(C)(C)Sc1nnc(Br)n1-c1ccc(C2CC2)c2ccccc12)C(=O)O.CC(CC(=O)C(C)(C)Sc1nnc(Br)n1-c1cccc2ccccc12)C(=O)O.CCc1ccc(-n2c(Br)nnc2SC(C)(C)C(=O)CC(C)C(=O)O)c2ccccc12.Cc1ccc(-n2c(Br)nnc2SC(C)(C)C(=O)CC(C)C(=O)O)c2ccccc12. The van der Waals surface area contributed by atoms with E-state index >= 15 is 0 Å². The van der Waals surface area contributed by atoms with E-state index in [1.54, 1.807) is 96.9 Å². The molecule has 0 bridgehead atoms. The Kier molecular flexibility index (Phi) is 38.9. The van der Waals surface area contributed by atoms with E-state index in [1.807, 2.05) is 132 Å². The van der Waals surface area contributed by atoms with Gasteiger partial charge in [0.2, 0.25) is 23.7 Å². The standard InChI is InChI=1S/C23H24BrN3O3S.C23H26BrN3O3S.C22H24BrN3O3S.C21H22BrN3O3S.C20H20BrN3O3S/c1-13(20(29)30)12-19(28)23(2,3)31-22-26-25-21(24)27(22)18-11-10-15(14-8-9-14)16-6-4-5-7-17(16)18;1-13(2)15-10-11-18(17-9-7-6-8-16(15)17)27-21(24)25-26-22(27)31-23(4,5)19(28)12-14(3)20(29)30;1-5-14-10-11-17(16-9-7-6-8-15(14)16)26-20(23)24-25-21(26)30-22(3,4)18(27)12-13(2)19(28)29;1-12-9-10-16(15-8-6-5-7-14(12)15)25-19(22)23-24-20(25)29-21(3,4)17(26)11-13(2)18(27)28;1-12(17(26)27)11-16(25)20(2,3)28-19-23-22-18(21)24(19)15-10-6-8-13-7-4-5-9-14(13)15/h4-7,10-11,13-14H,8-9,12H2,1-3H3,(H,29,30);6-11,13-14H,12H2,1-5H3,(H,29,30);6-11,13H,5,12H2,1-4H3,(H,28,29);5-10,13H,11H2,1-4H3,(H,27,28);4-10,12H,11H2,1-3H3,(H,26,27). The molecule has 0 spiro atoms. The largest absolute Gasteiger partial charge is 0.481 e. The highest BCUT2D eigenvalue weighted by molar-refractivity contribution is 9.11. The van der Waals surface area contributed by atoms with Crippen LogP contribution in [0.15, 0.2) is 238 Å². The number of hydrogen-bond acceptors (Lipinski definition) is 25. The number of aromatic nitrogens is 15. The highest BCUT2D eigenvalue weighted by Gasteiger charge is 2.41. The molecule has 30 nitrogen and oxygen atoms in total. The maximum Gasteiger partial charge on any atom is 0.306 e. The summed E-state index contributed by atoms with van der Waals surface area (Å²) >= 11 is 23.9. The molecule has 0 aliphatic heterocycles. The van der Waals surface area contributed by atoms with Gasteiger partial charge in [-0.05, 0) is 266 Å². The summed E-state index contributed by atoms with van der Waals surface area (Å²) in [6, 6.07) is 63.4. The van der Waals surface area contributed by atoms with Crippen molar-refractivity contribution in [1.29, 1.82) is 0 Å². The summed E-state index contributed by atoms with van der Waals surface area (Å²) in [5.74, 6) is -8.20. The Hall–Kier alpha value is -11.0. The third-order valence-corrected chi connectivity index (χ3v) is 34.1. The third kappa shape index (κ3) is 27.9. The van der Waals surface area contributed by atoms with Crippen LogP contribution in [0.5, 0.6) is 0 Å². The second-order valence-electron chi connectivity index (χ2n) is 39.3. The number of nitrogens with zero attached hydrogens (tertiary/aromatic N) is 15. The average Bonchev–Trinajstić information content (AvgIpc) is 1.69. The maximum atomic E-state index is 12.8. The number of halogens is 5. The van der Waals surface area contributed by atoms with E-state index < -0.39 is 83.2 Å². The molecule has 10 aromatic carbocycles. The van der Waals surface area contributed by atoms with E-state index in [4.69, 9.17) is 25.5 Å². The Morgan fingerprint density at radius 3 is 0.866 bits per heavy atom. The van der Waals surface area contributed by atoms with Gasteiger partial charge in [0.25, 0.3) is 0 Å². The molecule has 5 heterocycles. The van der Waals surface area contributed by atoms with Crippen LogP contribution in [-0.4, -0.2) is 182 Å². The van der Waals surface area contributed by atoms with Gasteiger partial charge in [0.1, 0.15) is 28.9 Å². The number of carboxylic acids is 5. The zero-order valence-corrected chi connectivity index (χ0v) is 97.6. The minimum Gasteiger partial charge on any atom is -0.481 e. The van der Waals surface area contributed by atoms with Gasteiger partial charge in [-0.2, -0.15) is 0 Å². The third-order valence-electron chi connectivity index (χ3n) is 25.6. The Labute approximate surface area is 926 Å². The van der Waals surface area contributed by atoms with Gasteiger partial charge in [-0.1, -0.05) is 272 Å². The van der Waals surface area contributed by atoms with Crippen LogP contribution in [0.25, 0.3) is 82.3 Å². The number of rotatable bonds is 38. The van der Waals surface area contributed by atoms with Crippen LogP contribution in [-0.2, 0) is 54.4 Å². The van der Waals surface area contributed by atoms with Crippen LogP contribution in [0.1, 0.15) is 204 Å². The fourth-order valence-corrected chi connectivity index (χ4v) is 24.1. The van der Waals surface area contributed by atoms with Crippen molar-refractivity contribution in [3.05, 3.63) is 234 Å². The fraction of sp³-hybridized carbons (Fsp3) is 0.358. The van der Waals surface area contributed by atoms with Gasteiger partial charge in [0, 0.05) is 59.0 Å². The highest BCUT2D eigenvalue weighted by Crippen LogP contribution is 2.48. The molecule has 149 heavy (non-hydrogen) atoms. The van der Waals surface area contributed by atoms with Gasteiger partial charge < -0.3 is 25.5 Å². The zero-order chi connectivity index (χ0) is 109. The van der Waals surface area contributed by atoms with Crippen LogP contribution >= 0.6 is 138 Å². The number of benzene rings is 10. The summed E-state index contributed by atoms with van der Waals surface area (Å²) < 4.78 is 7.89. The Bertz CT molecular complexity index is 7430. The summed E-state index contributed by atoms with van der Waals surface area (Å²) in [4.78, 5) is 120. The van der Waals surface area contributed by atoms with E-state index in [1.165, 1.54) is 112 Å². The summed E-state index contributed by atoms with van der Waals surface area (Å²) in [5, 5.41) is 102. The monoisotopic (exact) mass is 2430 g/mol. The predicted octanol–water partition coefficient (Wildman–Crippen LogP) is 26.5. The lowest BCUT2D eigenvalue weighted by molar-refractivity contribution is -0.143. The van der Waals surface area contributed by atoms with Crippen molar-refractivity contribution in [2.24, 2.45) is 29.6 Å². The second kappa shape index (κ2) is 49.6. The molecule has 0 saturated heterocycles. The maximum absolute atomic E-state index is 12.8. The quantitative estimate of drug-likeness (QED) is 0.0224. The molecule has 5 atom stereocenters. The summed E-state index contributed by atoms with van der Waals surface area (Å²) in [5.41, 5.74) is 9.65. The molecule has 1 aliphatic carbocycles. The van der Waals surface area contributed by atoms with Crippen molar-refractivity contribution in [3.63, 3.8) is 0 Å². The molecule has 5 unspecified atom stereocenters. The number of aliphatic carboxylic acids is 5. The molecule has 40 heteroatoms. The number of carbonyl (C=O) groups excluding carboxylic acids is 5. The Morgan fingerprint density at radius 1 is 0.302 bits per heavy atom. The molecule has 16 rings (SSSR count). The van der Waals surface area contributed by atoms with Gasteiger partial charge in [-0.15, -0.1) is 51.0 Å². The predicted molar refractivity (Wildman–Crippen MR) is 605 cm³/mol. The molecule has 0 amide bonds. The molecule has 5 N–H and O–H groups in total. The van der Waals surface area contributed by atoms with Gasteiger partial charge in [-0.3, -0.25) is 70.8 Å². The van der Waals surface area contributed by atoms with E-state index in [2.05, 4.69) is 237 Å². The molecule has 0 radical (unpaired) electrons.